The molecule has 0 N–H and O–H groups in total. The second-order valence-corrected chi connectivity index (χ2v) is 5.39. The third kappa shape index (κ3) is 1.59. The Balaban J connectivity index is 2.49. The molecule has 0 bridgehead atoms. The van der Waals surface area contributed by atoms with E-state index in [2.05, 4.69) is 78.0 Å². The van der Waals surface area contributed by atoms with Crippen LogP contribution < -0.4 is 0 Å². The average molecular weight is 318 g/mol. The predicted octanol–water partition coefficient (Wildman–Crippen LogP) is 4.91. The lowest BCUT2D eigenvalue weighted by atomic mass is 10.0. The highest BCUT2D eigenvalue weighted by atomic mass is 127. The van der Waals surface area contributed by atoms with Gasteiger partial charge in [0.15, 0.2) is 0 Å². The molecule has 0 aliphatic carbocycles. The SMILES string of the molecule is Cc1cccc2cc3cc(I)ccc3cc12. The fraction of sp³-hybridized carbons (Fsp3) is 0.0667. The Labute approximate surface area is 108 Å². The molecule has 1 heteroatoms. The molecule has 3 rings (SSSR count). The van der Waals surface area contributed by atoms with Crippen LogP contribution in [0, 0.1) is 10.5 Å². The van der Waals surface area contributed by atoms with E-state index in [1.54, 1.807) is 0 Å². The summed E-state index contributed by atoms with van der Waals surface area (Å²) in [7, 11) is 0. The minimum atomic E-state index is 1.29. The first-order valence-electron chi connectivity index (χ1n) is 5.33. The maximum atomic E-state index is 2.36. The zero-order valence-electron chi connectivity index (χ0n) is 9.00. The van der Waals surface area contributed by atoms with Gasteiger partial charge in [-0.3, -0.25) is 0 Å². The number of halogens is 1. The molecule has 0 aromatic heterocycles. The van der Waals surface area contributed by atoms with E-state index in [1.165, 1.54) is 30.7 Å². The van der Waals surface area contributed by atoms with E-state index in [4.69, 9.17) is 0 Å². The molecule has 16 heavy (non-hydrogen) atoms. The molecular formula is C15H11I. The largest absolute Gasteiger partial charge is 0.0614 e. The summed E-state index contributed by atoms with van der Waals surface area (Å²) < 4.78 is 1.29. The van der Waals surface area contributed by atoms with Crippen molar-refractivity contribution >= 4 is 44.1 Å². The van der Waals surface area contributed by atoms with Crippen molar-refractivity contribution in [3.8, 4) is 0 Å². The molecule has 0 heterocycles. The van der Waals surface area contributed by atoms with Crippen molar-refractivity contribution in [1.29, 1.82) is 0 Å². The van der Waals surface area contributed by atoms with Crippen LogP contribution in [0.25, 0.3) is 21.5 Å². The van der Waals surface area contributed by atoms with Gasteiger partial charge in [0, 0.05) is 3.57 Å². The summed E-state index contributed by atoms with van der Waals surface area (Å²) in [5.41, 5.74) is 1.35. The molecule has 0 saturated heterocycles. The Bertz CT molecular complexity index is 683. The highest BCUT2D eigenvalue weighted by Crippen LogP contribution is 2.26. The number of aryl methyl sites for hydroxylation is 1. The standard InChI is InChI=1S/C15H11I/c1-10-3-2-4-12-7-13-8-14(16)6-5-11(13)9-15(10)12/h2-9H,1H3. The van der Waals surface area contributed by atoms with Gasteiger partial charge in [-0.1, -0.05) is 24.3 Å². The van der Waals surface area contributed by atoms with Gasteiger partial charge in [-0.25, -0.2) is 0 Å². The molecule has 3 aromatic rings. The number of benzene rings is 3. The normalized spacial score (nSPS) is 11.1. The monoisotopic (exact) mass is 318 g/mol. The quantitative estimate of drug-likeness (QED) is 0.408. The van der Waals surface area contributed by atoms with Crippen LogP contribution in [-0.2, 0) is 0 Å². The summed E-state index contributed by atoms with van der Waals surface area (Å²) in [6.07, 6.45) is 0. The Morgan fingerprint density at radius 3 is 2.56 bits per heavy atom. The van der Waals surface area contributed by atoms with E-state index >= 15 is 0 Å². The van der Waals surface area contributed by atoms with Gasteiger partial charge >= 0.3 is 0 Å². The highest BCUT2D eigenvalue weighted by molar-refractivity contribution is 14.1. The van der Waals surface area contributed by atoms with E-state index < -0.39 is 0 Å². The van der Waals surface area contributed by atoms with Gasteiger partial charge in [0.1, 0.15) is 0 Å². The first-order chi connectivity index (χ1) is 7.74. The average Bonchev–Trinajstić information content (AvgIpc) is 2.27. The van der Waals surface area contributed by atoms with Crippen LogP contribution in [0.5, 0.6) is 0 Å². The maximum absolute atomic E-state index is 2.36. The molecule has 3 aromatic carbocycles. The molecule has 0 nitrogen and oxygen atoms in total. The van der Waals surface area contributed by atoms with Crippen LogP contribution >= 0.6 is 22.6 Å². The summed E-state index contributed by atoms with van der Waals surface area (Å²) in [6.45, 7) is 2.17. The van der Waals surface area contributed by atoms with Crippen molar-refractivity contribution in [2.75, 3.05) is 0 Å². The second-order valence-electron chi connectivity index (χ2n) is 4.14. The summed E-state index contributed by atoms with van der Waals surface area (Å²) in [4.78, 5) is 0. The Morgan fingerprint density at radius 1 is 0.812 bits per heavy atom. The second kappa shape index (κ2) is 3.74. The fourth-order valence-electron chi connectivity index (χ4n) is 2.15. The van der Waals surface area contributed by atoms with Gasteiger partial charge in [-0.05, 0) is 80.9 Å². The lowest BCUT2D eigenvalue weighted by Gasteiger charge is -2.05. The Morgan fingerprint density at radius 2 is 1.69 bits per heavy atom. The van der Waals surface area contributed by atoms with Gasteiger partial charge in [-0.2, -0.15) is 0 Å². The van der Waals surface area contributed by atoms with Crippen molar-refractivity contribution in [2.45, 2.75) is 6.92 Å². The van der Waals surface area contributed by atoms with Crippen LogP contribution in [0.15, 0.2) is 48.5 Å². The van der Waals surface area contributed by atoms with Gasteiger partial charge in [0.2, 0.25) is 0 Å². The third-order valence-corrected chi connectivity index (χ3v) is 3.69. The topological polar surface area (TPSA) is 0 Å². The van der Waals surface area contributed by atoms with Gasteiger partial charge < -0.3 is 0 Å². The molecule has 0 saturated carbocycles. The van der Waals surface area contributed by atoms with E-state index in [1.807, 2.05) is 0 Å². The zero-order valence-corrected chi connectivity index (χ0v) is 11.2. The molecule has 0 atom stereocenters. The van der Waals surface area contributed by atoms with Crippen LogP contribution in [0.3, 0.4) is 0 Å². The number of hydrogen-bond donors (Lipinski definition) is 0. The van der Waals surface area contributed by atoms with Crippen LogP contribution in [0.4, 0.5) is 0 Å². The Kier molecular flexibility index (Phi) is 2.36. The molecular weight excluding hydrogens is 307 g/mol. The summed E-state index contributed by atoms with van der Waals surface area (Å²) in [5.74, 6) is 0. The maximum Gasteiger partial charge on any atom is 0.0136 e. The Hall–Kier alpha value is -1.09. The first-order valence-corrected chi connectivity index (χ1v) is 6.40. The first kappa shape index (κ1) is 10.1. The molecule has 0 unspecified atom stereocenters. The minimum absolute atomic E-state index is 1.29. The van der Waals surface area contributed by atoms with Crippen LogP contribution in [-0.4, -0.2) is 0 Å². The van der Waals surface area contributed by atoms with Crippen LogP contribution in [0.1, 0.15) is 5.56 Å². The van der Waals surface area contributed by atoms with Crippen molar-refractivity contribution in [1.82, 2.24) is 0 Å². The van der Waals surface area contributed by atoms with Crippen molar-refractivity contribution in [2.24, 2.45) is 0 Å². The summed E-state index contributed by atoms with van der Waals surface area (Å²) >= 11 is 2.36. The van der Waals surface area contributed by atoms with E-state index in [9.17, 15) is 0 Å². The van der Waals surface area contributed by atoms with Crippen molar-refractivity contribution < 1.29 is 0 Å². The van der Waals surface area contributed by atoms with Crippen molar-refractivity contribution in [3.05, 3.63) is 57.7 Å². The smallest absolute Gasteiger partial charge is 0.0136 e. The zero-order chi connectivity index (χ0) is 11.1. The lowest BCUT2D eigenvalue weighted by molar-refractivity contribution is 1.54. The molecule has 0 aliphatic rings. The minimum Gasteiger partial charge on any atom is -0.0614 e. The summed E-state index contributed by atoms with van der Waals surface area (Å²) in [5, 5.41) is 5.33. The van der Waals surface area contributed by atoms with E-state index in [0.717, 1.165) is 0 Å². The molecule has 0 aliphatic heterocycles. The van der Waals surface area contributed by atoms with Gasteiger partial charge in [0.05, 0.1) is 0 Å². The summed E-state index contributed by atoms with van der Waals surface area (Å²) in [6, 6.07) is 17.6. The molecule has 0 amide bonds. The number of fused-ring (bicyclic) bond motifs is 2. The molecule has 0 radical (unpaired) electrons. The fourth-order valence-corrected chi connectivity index (χ4v) is 2.67. The number of rotatable bonds is 0. The van der Waals surface area contributed by atoms with E-state index in [0.29, 0.717) is 0 Å². The molecule has 78 valence electrons. The van der Waals surface area contributed by atoms with Gasteiger partial charge in [0.25, 0.3) is 0 Å². The molecule has 0 spiro atoms. The predicted molar refractivity (Wildman–Crippen MR) is 78.9 cm³/mol. The van der Waals surface area contributed by atoms with Gasteiger partial charge in [-0.15, -0.1) is 0 Å². The van der Waals surface area contributed by atoms with E-state index in [-0.39, 0.29) is 0 Å². The van der Waals surface area contributed by atoms with Crippen LogP contribution in [0.2, 0.25) is 0 Å². The van der Waals surface area contributed by atoms with Crippen molar-refractivity contribution in [3.63, 3.8) is 0 Å². The lowest BCUT2D eigenvalue weighted by Crippen LogP contribution is -1.80. The molecule has 0 fully saturated rings. The highest BCUT2D eigenvalue weighted by Gasteiger charge is 2.00. The number of hydrogen-bond acceptors (Lipinski definition) is 0. The third-order valence-electron chi connectivity index (χ3n) is 3.02.